The maximum absolute atomic E-state index is 11.9. The number of rotatable bonds is 5. The van der Waals surface area contributed by atoms with Crippen LogP contribution in [-0.2, 0) is 9.59 Å². The fourth-order valence-electron chi connectivity index (χ4n) is 1.65. The molecule has 1 amide bonds. The van der Waals surface area contributed by atoms with Crippen molar-refractivity contribution in [1.29, 1.82) is 0 Å². The van der Waals surface area contributed by atoms with Gasteiger partial charge in [-0.3, -0.25) is 9.59 Å². The van der Waals surface area contributed by atoms with E-state index in [1.807, 2.05) is 0 Å². The van der Waals surface area contributed by atoms with E-state index in [-0.39, 0.29) is 12.4 Å². The van der Waals surface area contributed by atoms with Crippen LogP contribution in [0.3, 0.4) is 0 Å². The van der Waals surface area contributed by atoms with Gasteiger partial charge in [0, 0.05) is 5.56 Å². The number of carbonyl (C=O) groups is 3. The van der Waals surface area contributed by atoms with Crippen molar-refractivity contribution in [2.45, 2.75) is 12.5 Å². The third-order valence-corrected chi connectivity index (χ3v) is 2.62. The Labute approximate surface area is 112 Å². The second-order valence-electron chi connectivity index (χ2n) is 4.03. The number of benzene rings is 1. The first kappa shape index (κ1) is 13.7. The SMILES string of the molecule is O=C(O)C[C@H](NC(=O)c1ccc2c(c1)OCO2)C(=O)O. The lowest BCUT2D eigenvalue weighted by Crippen LogP contribution is -2.42. The fourth-order valence-corrected chi connectivity index (χ4v) is 1.65. The summed E-state index contributed by atoms with van der Waals surface area (Å²) in [5, 5.41) is 19.6. The Morgan fingerprint density at radius 3 is 2.55 bits per heavy atom. The lowest BCUT2D eigenvalue weighted by Gasteiger charge is -2.12. The van der Waals surface area contributed by atoms with Gasteiger partial charge in [0.25, 0.3) is 5.91 Å². The van der Waals surface area contributed by atoms with Gasteiger partial charge in [-0.25, -0.2) is 4.79 Å². The molecule has 1 atom stereocenters. The van der Waals surface area contributed by atoms with E-state index in [4.69, 9.17) is 19.7 Å². The molecule has 20 heavy (non-hydrogen) atoms. The highest BCUT2D eigenvalue weighted by Crippen LogP contribution is 2.32. The third-order valence-electron chi connectivity index (χ3n) is 2.62. The first-order chi connectivity index (χ1) is 9.47. The molecule has 0 bridgehead atoms. The Kier molecular flexibility index (Phi) is 3.74. The molecule has 1 aromatic rings. The van der Waals surface area contributed by atoms with Crippen LogP contribution in [0.2, 0.25) is 0 Å². The first-order valence-electron chi connectivity index (χ1n) is 5.62. The highest BCUT2D eigenvalue weighted by atomic mass is 16.7. The normalized spacial score (nSPS) is 13.6. The van der Waals surface area contributed by atoms with Gasteiger partial charge in [0.15, 0.2) is 11.5 Å². The first-order valence-corrected chi connectivity index (χ1v) is 5.62. The lowest BCUT2D eigenvalue weighted by molar-refractivity contribution is -0.145. The van der Waals surface area contributed by atoms with Crippen LogP contribution in [0.25, 0.3) is 0 Å². The standard InChI is InChI=1S/C12H11NO7/c14-10(15)4-7(12(17)18)13-11(16)6-1-2-8-9(3-6)20-5-19-8/h1-3,7H,4-5H2,(H,13,16)(H,14,15)(H,17,18)/t7-/m0/s1. The van der Waals surface area contributed by atoms with Crippen LogP contribution in [0.15, 0.2) is 18.2 Å². The van der Waals surface area contributed by atoms with Crippen molar-refractivity contribution in [3.63, 3.8) is 0 Å². The van der Waals surface area contributed by atoms with Crippen LogP contribution in [0.5, 0.6) is 11.5 Å². The van der Waals surface area contributed by atoms with Gasteiger partial charge < -0.3 is 25.0 Å². The minimum Gasteiger partial charge on any atom is -0.481 e. The molecule has 0 unspecified atom stereocenters. The minimum atomic E-state index is -1.49. The topological polar surface area (TPSA) is 122 Å². The smallest absolute Gasteiger partial charge is 0.326 e. The maximum Gasteiger partial charge on any atom is 0.326 e. The Bertz CT molecular complexity index is 569. The molecule has 1 aliphatic rings. The lowest BCUT2D eigenvalue weighted by atomic mass is 10.1. The Morgan fingerprint density at radius 2 is 1.90 bits per heavy atom. The number of carbonyl (C=O) groups excluding carboxylic acids is 1. The zero-order valence-corrected chi connectivity index (χ0v) is 10.2. The molecule has 2 rings (SSSR count). The van der Waals surface area contributed by atoms with Gasteiger partial charge in [-0.1, -0.05) is 0 Å². The number of carboxylic acid groups (broad SMARTS) is 2. The molecule has 1 aliphatic heterocycles. The molecule has 1 heterocycles. The van der Waals surface area contributed by atoms with E-state index in [1.165, 1.54) is 18.2 Å². The molecule has 0 spiro atoms. The van der Waals surface area contributed by atoms with Crippen molar-refractivity contribution in [2.75, 3.05) is 6.79 Å². The summed E-state index contributed by atoms with van der Waals surface area (Å²) in [6, 6.07) is 2.86. The zero-order valence-electron chi connectivity index (χ0n) is 10.2. The number of hydrogen-bond acceptors (Lipinski definition) is 5. The summed E-state index contributed by atoms with van der Waals surface area (Å²) >= 11 is 0. The summed E-state index contributed by atoms with van der Waals surface area (Å²) in [5.41, 5.74) is 0.158. The molecule has 0 fully saturated rings. The molecule has 1 aromatic carbocycles. The molecule has 8 nitrogen and oxygen atoms in total. The Hall–Kier alpha value is -2.77. The molecule has 0 aromatic heterocycles. The Balaban J connectivity index is 2.10. The molecule has 8 heteroatoms. The number of aliphatic carboxylic acids is 2. The van der Waals surface area contributed by atoms with Crippen LogP contribution in [0.1, 0.15) is 16.8 Å². The van der Waals surface area contributed by atoms with Crippen LogP contribution in [0.4, 0.5) is 0 Å². The molecular weight excluding hydrogens is 270 g/mol. The Morgan fingerprint density at radius 1 is 1.20 bits per heavy atom. The monoisotopic (exact) mass is 281 g/mol. The minimum absolute atomic E-state index is 0.0527. The van der Waals surface area contributed by atoms with Gasteiger partial charge in [-0.05, 0) is 18.2 Å². The van der Waals surface area contributed by atoms with E-state index >= 15 is 0 Å². The van der Waals surface area contributed by atoms with Crippen molar-refractivity contribution >= 4 is 17.8 Å². The summed E-state index contributed by atoms with van der Waals surface area (Å²) < 4.78 is 10.2. The van der Waals surface area contributed by atoms with Crippen molar-refractivity contribution in [3.05, 3.63) is 23.8 Å². The van der Waals surface area contributed by atoms with Crippen LogP contribution in [0, 0.1) is 0 Å². The predicted octanol–water partition coefficient (Wildman–Crippen LogP) is 0.0730. The van der Waals surface area contributed by atoms with E-state index in [0.29, 0.717) is 11.5 Å². The number of fused-ring (bicyclic) bond motifs is 1. The largest absolute Gasteiger partial charge is 0.481 e. The molecule has 106 valence electrons. The highest BCUT2D eigenvalue weighted by molar-refractivity contribution is 5.97. The van der Waals surface area contributed by atoms with E-state index < -0.39 is 30.3 Å². The number of carboxylic acids is 2. The van der Waals surface area contributed by atoms with Crippen molar-refractivity contribution in [1.82, 2.24) is 5.32 Å². The summed E-state index contributed by atoms with van der Waals surface area (Å²) in [7, 11) is 0. The van der Waals surface area contributed by atoms with Crippen molar-refractivity contribution < 1.29 is 34.1 Å². The van der Waals surface area contributed by atoms with Crippen LogP contribution < -0.4 is 14.8 Å². The van der Waals surface area contributed by atoms with Gasteiger partial charge in [-0.15, -0.1) is 0 Å². The van der Waals surface area contributed by atoms with Crippen molar-refractivity contribution in [3.8, 4) is 11.5 Å². The molecular formula is C12H11NO7. The summed E-state index contributed by atoms with van der Waals surface area (Å²) in [4.78, 5) is 33.3. The molecule has 3 N–H and O–H groups in total. The van der Waals surface area contributed by atoms with E-state index in [1.54, 1.807) is 0 Å². The van der Waals surface area contributed by atoms with Gasteiger partial charge in [0.1, 0.15) is 6.04 Å². The predicted molar refractivity (Wildman–Crippen MR) is 63.7 cm³/mol. The third kappa shape index (κ3) is 2.97. The maximum atomic E-state index is 11.9. The van der Waals surface area contributed by atoms with Gasteiger partial charge in [0.2, 0.25) is 6.79 Å². The summed E-state index contributed by atoms with van der Waals surface area (Å²) in [6.07, 6.45) is -0.703. The summed E-state index contributed by atoms with van der Waals surface area (Å²) in [5.74, 6) is -2.56. The number of amides is 1. The number of ether oxygens (including phenoxy) is 2. The van der Waals surface area contributed by atoms with Crippen LogP contribution in [-0.4, -0.2) is 40.9 Å². The highest BCUT2D eigenvalue weighted by Gasteiger charge is 2.24. The zero-order chi connectivity index (χ0) is 14.7. The number of nitrogens with one attached hydrogen (secondary N) is 1. The molecule has 0 saturated carbocycles. The molecule has 0 saturated heterocycles. The summed E-state index contributed by atoms with van der Waals surface area (Å²) in [6.45, 7) is 0.0527. The molecule has 0 aliphatic carbocycles. The van der Waals surface area contributed by atoms with Gasteiger partial charge in [-0.2, -0.15) is 0 Å². The van der Waals surface area contributed by atoms with Crippen molar-refractivity contribution in [2.24, 2.45) is 0 Å². The van der Waals surface area contributed by atoms with Gasteiger partial charge >= 0.3 is 11.9 Å². The van der Waals surface area contributed by atoms with E-state index in [9.17, 15) is 14.4 Å². The van der Waals surface area contributed by atoms with E-state index in [0.717, 1.165) is 0 Å². The number of hydrogen-bond donors (Lipinski definition) is 3. The van der Waals surface area contributed by atoms with Gasteiger partial charge in [0.05, 0.1) is 6.42 Å². The average molecular weight is 281 g/mol. The fraction of sp³-hybridized carbons (Fsp3) is 0.250. The van der Waals surface area contributed by atoms with E-state index in [2.05, 4.69) is 5.32 Å². The van der Waals surface area contributed by atoms with Crippen LogP contribution >= 0.6 is 0 Å². The molecule has 0 radical (unpaired) electrons. The second-order valence-corrected chi connectivity index (χ2v) is 4.03. The quantitative estimate of drug-likeness (QED) is 0.698. The average Bonchev–Trinajstić information content (AvgIpc) is 2.84. The second kappa shape index (κ2) is 5.47.